The maximum Gasteiger partial charge on any atom is 0.220 e. The maximum atomic E-state index is 10.8. The highest BCUT2D eigenvalue weighted by Crippen LogP contribution is 2.20. The van der Waals surface area contributed by atoms with Gasteiger partial charge in [-0.15, -0.1) is 0 Å². The van der Waals surface area contributed by atoms with Crippen LogP contribution in [-0.2, 0) is 4.79 Å². The molecule has 0 saturated heterocycles. The molecule has 0 aromatic heterocycles. The lowest BCUT2D eigenvalue weighted by molar-refractivity contribution is -0.118. The lowest BCUT2D eigenvalue weighted by atomic mass is 10.4. The van der Waals surface area contributed by atoms with E-state index >= 15 is 0 Å². The van der Waals surface area contributed by atoms with Gasteiger partial charge in [-0.2, -0.15) is 0 Å². The quantitative estimate of drug-likeness (QED) is 0.527. The van der Waals surface area contributed by atoms with Crippen molar-refractivity contribution in [2.75, 3.05) is 6.66 Å². The van der Waals surface area contributed by atoms with Gasteiger partial charge in [0.25, 0.3) is 0 Å². The van der Waals surface area contributed by atoms with Gasteiger partial charge in [0.2, 0.25) is 11.7 Å². The van der Waals surface area contributed by atoms with Gasteiger partial charge in [0.05, 0.1) is 13.0 Å². The number of carbonyl (C=O) groups excluding carboxylic acids is 1. The molecule has 0 spiro atoms. The highest BCUT2D eigenvalue weighted by Gasteiger charge is 2.14. The Bertz CT molecular complexity index is 199. The minimum atomic E-state index is -0.377. The fourth-order valence-corrected chi connectivity index (χ4v) is 1.60. The number of nitrogens with one attached hydrogen (secondary N) is 1. The van der Waals surface area contributed by atoms with Crippen molar-refractivity contribution in [3.8, 4) is 0 Å². The van der Waals surface area contributed by atoms with Crippen LogP contribution >= 0.6 is 7.55 Å². The molecule has 0 aliphatic heterocycles. The Morgan fingerprint density at radius 2 is 2.33 bits per heavy atom. The van der Waals surface area contributed by atoms with Crippen LogP contribution in [0.1, 0.15) is 20.3 Å². The Hall–Kier alpha value is -0.620. The van der Waals surface area contributed by atoms with Crippen LogP contribution < -0.4 is 5.32 Å². The molecule has 1 N–H and O–H groups in total. The second kappa shape index (κ2) is 5.96. The van der Waals surface area contributed by atoms with Gasteiger partial charge < -0.3 is 5.32 Å². The second-order valence-corrected chi connectivity index (χ2v) is 4.81. The molecule has 2 unspecified atom stereocenters. The summed E-state index contributed by atoms with van der Waals surface area (Å²) < 4.78 is 0. The monoisotopic (exact) mass is 186 g/mol. The van der Waals surface area contributed by atoms with Crippen molar-refractivity contribution in [2.45, 2.75) is 26.1 Å². The molecule has 2 atom stereocenters. The number of carbonyl (C=O) groups is 1. The highest BCUT2D eigenvalue weighted by molar-refractivity contribution is 7.55. The van der Waals surface area contributed by atoms with E-state index in [2.05, 4.69) is 31.3 Å². The van der Waals surface area contributed by atoms with Crippen LogP contribution in [0.25, 0.3) is 0 Å². The van der Waals surface area contributed by atoms with Gasteiger partial charge in [-0.1, -0.05) is 13.0 Å². The van der Waals surface area contributed by atoms with Crippen LogP contribution in [-0.4, -0.2) is 24.7 Å². The number of hydrogen-bond acceptors (Lipinski definition) is 1. The SMILES string of the molecule is C=[P+](C)C(C=CCC)NC(C)=O. The smallest absolute Gasteiger partial charge is 0.220 e. The van der Waals surface area contributed by atoms with Crippen molar-refractivity contribution >= 4 is 19.8 Å². The zero-order chi connectivity index (χ0) is 9.56. The largest absolute Gasteiger partial charge is 0.313 e. The molecule has 3 heteroatoms. The molecule has 0 heterocycles. The van der Waals surface area contributed by atoms with E-state index in [1.807, 2.05) is 6.08 Å². The first kappa shape index (κ1) is 11.4. The first-order valence-corrected chi connectivity index (χ1v) is 6.09. The zero-order valence-electron chi connectivity index (χ0n) is 8.00. The molecule has 0 saturated carbocycles. The minimum Gasteiger partial charge on any atom is -0.313 e. The Morgan fingerprint density at radius 1 is 1.75 bits per heavy atom. The van der Waals surface area contributed by atoms with E-state index < -0.39 is 0 Å². The molecule has 12 heavy (non-hydrogen) atoms. The zero-order valence-corrected chi connectivity index (χ0v) is 8.90. The molecular formula is C9H17NOP+. The van der Waals surface area contributed by atoms with E-state index in [4.69, 9.17) is 0 Å². The summed E-state index contributed by atoms with van der Waals surface area (Å²) in [4.78, 5) is 10.8. The second-order valence-electron chi connectivity index (χ2n) is 2.74. The van der Waals surface area contributed by atoms with Gasteiger partial charge in [0.15, 0.2) is 0 Å². The molecule has 0 aliphatic carbocycles. The minimum absolute atomic E-state index is 0.0127. The first-order chi connectivity index (χ1) is 5.57. The third kappa shape index (κ3) is 5.09. The van der Waals surface area contributed by atoms with Crippen LogP contribution in [0, 0.1) is 0 Å². The van der Waals surface area contributed by atoms with Crippen LogP contribution in [0.3, 0.4) is 0 Å². The third-order valence-electron chi connectivity index (χ3n) is 1.38. The molecule has 0 rings (SSSR count). The van der Waals surface area contributed by atoms with E-state index in [-0.39, 0.29) is 19.2 Å². The Kier molecular flexibility index (Phi) is 5.65. The summed E-state index contributed by atoms with van der Waals surface area (Å²) in [6, 6.07) is 0. The van der Waals surface area contributed by atoms with E-state index in [0.29, 0.717) is 0 Å². The van der Waals surface area contributed by atoms with Crippen molar-refractivity contribution in [3.05, 3.63) is 12.2 Å². The van der Waals surface area contributed by atoms with Crippen LogP contribution in [0.5, 0.6) is 0 Å². The molecule has 0 aliphatic rings. The van der Waals surface area contributed by atoms with Crippen molar-refractivity contribution in [1.82, 2.24) is 5.32 Å². The fraction of sp³-hybridized carbons (Fsp3) is 0.556. The normalized spacial score (nSPS) is 14.4. The predicted molar refractivity (Wildman–Crippen MR) is 57.0 cm³/mol. The third-order valence-corrected chi connectivity index (χ3v) is 2.63. The van der Waals surface area contributed by atoms with E-state index in [1.54, 1.807) is 0 Å². The summed E-state index contributed by atoms with van der Waals surface area (Å²) in [6.07, 6.45) is 9.03. The summed E-state index contributed by atoms with van der Waals surface area (Å²) in [5.41, 5.74) is 0. The highest BCUT2D eigenvalue weighted by atomic mass is 31.1. The van der Waals surface area contributed by atoms with Crippen LogP contribution in [0.4, 0.5) is 0 Å². The predicted octanol–water partition coefficient (Wildman–Crippen LogP) is 1.96. The van der Waals surface area contributed by atoms with E-state index in [9.17, 15) is 4.79 Å². The molecule has 0 radical (unpaired) electrons. The molecule has 0 bridgehead atoms. The Morgan fingerprint density at radius 3 is 2.67 bits per heavy atom. The van der Waals surface area contributed by atoms with Crippen molar-refractivity contribution < 1.29 is 4.79 Å². The van der Waals surface area contributed by atoms with Gasteiger partial charge in [-0.3, -0.25) is 4.79 Å². The first-order valence-electron chi connectivity index (χ1n) is 4.05. The lowest BCUT2D eigenvalue weighted by Gasteiger charge is -2.04. The maximum absolute atomic E-state index is 10.8. The number of hydrogen-bond donors (Lipinski definition) is 1. The van der Waals surface area contributed by atoms with Crippen LogP contribution in [0.15, 0.2) is 12.2 Å². The van der Waals surface area contributed by atoms with Gasteiger partial charge >= 0.3 is 0 Å². The van der Waals surface area contributed by atoms with Crippen molar-refractivity contribution in [2.24, 2.45) is 0 Å². The summed E-state index contributed by atoms with van der Waals surface area (Å²) in [7, 11) is -0.377. The summed E-state index contributed by atoms with van der Waals surface area (Å²) in [5, 5.41) is 2.85. The van der Waals surface area contributed by atoms with E-state index in [0.717, 1.165) is 6.42 Å². The Balaban J connectivity index is 4.14. The summed E-state index contributed by atoms with van der Waals surface area (Å²) >= 11 is 0. The molecule has 1 amide bonds. The van der Waals surface area contributed by atoms with Crippen molar-refractivity contribution in [3.63, 3.8) is 0 Å². The van der Waals surface area contributed by atoms with E-state index in [1.165, 1.54) is 6.92 Å². The molecule has 0 aromatic rings. The number of rotatable bonds is 4. The van der Waals surface area contributed by atoms with Gasteiger partial charge in [0, 0.05) is 6.92 Å². The molecular weight excluding hydrogens is 169 g/mol. The molecule has 2 nitrogen and oxygen atoms in total. The molecule has 0 fully saturated rings. The van der Waals surface area contributed by atoms with Gasteiger partial charge in [-0.25, -0.2) is 0 Å². The average molecular weight is 186 g/mol. The molecule has 68 valence electrons. The number of amides is 1. The van der Waals surface area contributed by atoms with Crippen molar-refractivity contribution in [1.29, 1.82) is 0 Å². The summed E-state index contributed by atoms with van der Waals surface area (Å²) in [5.74, 6) is 0.149. The van der Waals surface area contributed by atoms with Crippen LogP contribution in [0.2, 0.25) is 0 Å². The van der Waals surface area contributed by atoms with Gasteiger partial charge in [0.1, 0.15) is 7.55 Å². The number of allylic oxidation sites excluding steroid dienone is 1. The summed E-state index contributed by atoms with van der Waals surface area (Å²) in [6.45, 7) is 5.66. The Labute approximate surface area is 75.4 Å². The topological polar surface area (TPSA) is 29.1 Å². The molecule has 0 aromatic carbocycles. The lowest BCUT2D eigenvalue weighted by Crippen LogP contribution is -2.28. The average Bonchev–Trinajstić information content (AvgIpc) is 1.96. The standard InChI is InChI=1S/C9H16NOP/c1-5-6-7-9(12(3)4)10-8(2)11/h6-7,9H,3,5H2,1-2,4H3/p+1. The van der Waals surface area contributed by atoms with Gasteiger partial charge in [-0.05, 0) is 12.5 Å². The fourth-order valence-electron chi connectivity index (χ4n) is 0.778.